The molecule has 0 amide bonds. The van der Waals surface area contributed by atoms with Gasteiger partial charge in [0, 0.05) is 19.5 Å². The molecular weight excluding hydrogens is 347 g/mol. The molecule has 1 fully saturated rings. The zero-order chi connectivity index (χ0) is 19.2. The molecule has 0 atom stereocenters. The summed E-state index contributed by atoms with van der Waals surface area (Å²) in [5.41, 5.74) is 2.27. The van der Waals surface area contributed by atoms with Crippen LogP contribution in [0.4, 0.5) is 10.2 Å². The predicted molar refractivity (Wildman–Crippen MR) is 101 cm³/mol. The number of carbonyl (C=O) groups is 1. The number of methoxy groups -OCH3 is 1. The molecule has 1 aliphatic rings. The van der Waals surface area contributed by atoms with Crippen LogP contribution >= 0.6 is 0 Å². The van der Waals surface area contributed by atoms with Gasteiger partial charge in [-0.2, -0.15) is 0 Å². The van der Waals surface area contributed by atoms with E-state index in [2.05, 4.69) is 20.2 Å². The van der Waals surface area contributed by atoms with Crippen LogP contribution in [-0.4, -0.2) is 54.1 Å². The van der Waals surface area contributed by atoms with E-state index < -0.39 is 5.97 Å². The Morgan fingerprint density at radius 1 is 1.22 bits per heavy atom. The van der Waals surface area contributed by atoms with Crippen molar-refractivity contribution in [1.29, 1.82) is 0 Å². The van der Waals surface area contributed by atoms with Gasteiger partial charge in [-0.15, -0.1) is 0 Å². The zero-order valence-corrected chi connectivity index (χ0v) is 15.8. The third-order valence-corrected chi connectivity index (χ3v) is 4.73. The minimum absolute atomic E-state index is 0.208. The number of carbonyl (C=O) groups excluding carboxylic acids is 1. The van der Waals surface area contributed by atoms with E-state index in [-0.39, 0.29) is 11.5 Å². The number of ether oxygens (including phenoxy) is 1. The lowest BCUT2D eigenvalue weighted by atomic mass is 10.1. The van der Waals surface area contributed by atoms with Crippen LogP contribution in [0.5, 0.6) is 0 Å². The number of aromatic nitrogens is 2. The van der Waals surface area contributed by atoms with Crippen LogP contribution in [0.1, 0.15) is 40.3 Å². The molecule has 1 N–H and O–H groups in total. The smallest absolute Gasteiger partial charge is 0.358 e. The Morgan fingerprint density at radius 2 is 1.93 bits per heavy atom. The molecule has 144 valence electrons. The number of rotatable bonds is 7. The van der Waals surface area contributed by atoms with Gasteiger partial charge in [-0.3, -0.25) is 0 Å². The minimum Gasteiger partial charge on any atom is -0.464 e. The fourth-order valence-corrected chi connectivity index (χ4v) is 3.24. The van der Waals surface area contributed by atoms with Crippen molar-refractivity contribution < 1.29 is 13.9 Å². The molecule has 0 unspecified atom stereocenters. The molecular formula is C20H25FN4O2. The molecule has 27 heavy (non-hydrogen) atoms. The number of nitrogens with one attached hydrogen (secondary N) is 1. The summed E-state index contributed by atoms with van der Waals surface area (Å²) in [6.45, 7) is 5.70. The van der Waals surface area contributed by atoms with Gasteiger partial charge in [-0.1, -0.05) is 12.1 Å². The van der Waals surface area contributed by atoms with Crippen molar-refractivity contribution in [2.45, 2.75) is 26.2 Å². The van der Waals surface area contributed by atoms with Crippen LogP contribution in [-0.2, 0) is 11.2 Å². The second-order valence-electron chi connectivity index (χ2n) is 6.72. The number of hydrogen-bond acceptors (Lipinski definition) is 6. The molecule has 1 aliphatic heterocycles. The number of anilines is 1. The van der Waals surface area contributed by atoms with Gasteiger partial charge in [0.05, 0.1) is 18.5 Å². The molecule has 0 saturated carbocycles. The van der Waals surface area contributed by atoms with E-state index in [1.807, 2.05) is 0 Å². The third-order valence-electron chi connectivity index (χ3n) is 4.73. The van der Waals surface area contributed by atoms with E-state index in [9.17, 15) is 9.18 Å². The van der Waals surface area contributed by atoms with E-state index in [1.54, 1.807) is 19.1 Å². The van der Waals surface area contributed by atoms with Crippen molar-refractivity contribution >= 4 is 11.8 Å². The van der Waals surface area contributed by atoms with E-state index in [4.69, 9.17) is 4.74 Å². The molecule has 2 aromatic rings. The lowest BCUT2D eigenvalue weighted by Crippen LogP contribution is -2.27. The van der Waals surface area contributed by atoms with Crippen molar-refractivity contribution in [2.24, 2.45) is 0 Å². The van der Waals surface area contributed by atoms with Crippen LogP contribution < -0.4 is 5.32 Å². The largest absolute Gasteiger partial charge is 0.464 e. The van der Waals surface area contributed by atoms with Gasteiger partial charge in [0.2, 0.25) is 0 Å². The Hall–Kier alpha value is -2.54. The van der Waals surface area contributed by atoms with E-state index in [0.717, 1.165) is 31.7 Å². The maximum atomic E-state index is 13.2. The molecule has 0 bridgehead atoms. The summed E-state index contributed by atoms with van der Waals surface area (Å²) in [5.74, 6) is -0.138. The first-order chi connectivity index (χ1) is 13.1. The van der Waals surface area contributed by atoms with E-state index in [0.29, 0.717) is 23.6 Å². The van der Waals surface area contributed by atoms with Crippen LogP contribution in [0.2, 0.25) is 0 Å². The highest BCUT2D eigenvalue weighted by molar-refractivity contribution is 5.88. The van der Waals surface area contributed by atoms with Crippen LogP contribution in [0.3, 0.4) is 0 Å². The highest BCUT2D eigenvalue weighted by Gasteiger charge is 2.18. The molecule has 0 spiro atoms. The second kappa shape index (κ2) is 8.90. The highest BCUT2D eigenvalue weighted by atomic mass is 19.1. The number of esters is 1. The van der Waals surface area contributed by atoms with Crippen molar-refractivity contribution in [1.82, 2.24) is 14.9 Å². The van der Waals surface area contributed by atoms with Gasteiger partial charge in [0.15, 0.2) is 5.69 Å². The minimum atomic E-state index is -0.510. The molecule has 0 aliphatic carbocycles. The number of likely N-dealkylation sites (tertiary alicyclic amines) is 1. The lowest BCUT2D eigenvalue weighted by molar-refractivity contribution is 0.0592. The molecule has 7 heteroatoms. The Kier molecular flexibility index (Phi) is 6.34. The predicted octanol–water partition coefficient (Wildman–Crippen LogP) is 2.81. The SMILES string of the molecule is COC(=O)c1nc(Cc2ccc(F)cc2)c(NCCN2CCCC2)nc1C. The number of benzene rings is 1. The lowest BCUT2D eigenvalue weighted by Gasteiger charge is -2.17. The summed E-state index contributed by atoms with van der Waals surface area (Å²) in [4.78, 5) is 23.5. The normalized spacial score (nSPS) is 14.3. The van der Waals surface area contributed by atoms with Crippen molar-refractivity contribution in [2.75, 3.05) is 38.6 Å². The summed E-state index contributed by atoms with van der Waals surface area (Å²) in [6, 6.07) is 6.25. The van der Waals surface area contributed by atoms with Crippen molar-refractivity contribution in [3.63, 3.8) is 0 Å². The Labute approximate surface area is 158 Å². The van der Waals surface area contributed by atoms with Gasteiger partial charge in [0.25, 0.3) is 0 Å². The standard InChI is InChI=1S/C20H25FN4O2/c1-14-18(20(26)27-2)24-17(13-15-5-7-16(21)8-6-15)19(23-14)22-9-12-25-10-3-4-11-25/h5-8H,3-4,9-13H2,1-2H3,(H,22,23). The van der Waals surface area contributed by atoms with Crippen LogP contribution in [0.15, 0.2) is 24.3 Å². The summed E-state index contributed by atoms with van der Waals surface area (Å²) >= 11 is 0. The van der Waals surface area contributed by atoms with Gasteiger partial charge >= 0.3 is 5.97 Å². The first kappa shape index (κ1) is 19.2. The number of nitrogens with zero attached hydrogens (tertiary/aromatic N) is 3. The summed E-state index contributed by atoms with van der Waals surface area (Å²) in [6.07, 6.45) is 2.95. The van der Waals surface area contributed by atoms with E-state index in [1.165, 1.54) is 32.1 Å². The summed E-state index contributed by atoms with van der Waals surface area (Å²) < 4.78 is 18.0. The van der Waals surface area contributed by atoms with Gasteiger partial charge in [-0.25, -0.2) is 19.2 Å². The topological polar surface area (TPSA) is 67.3 Å². The second-order valence-corrected chi connectivity index (χ2v) is 6.72. The fourth-order valence-electron chi connectivity index (χ4n) is 3.24. The zero-order valence-electron chi connectivity index (χ0n) is 15.8. The fraction of sp³-hybridized carbons (Fsp3) is 0.450. The molecule has 0 radical (unpaired) electrons. The summed E-state index contributed by atoms with van der Waals surface area (Å²) in [7, 11) is 1.32. The monoisotopic (exact) mass is 372 g/mol. The Morgan fingerprint density at radius 3 is 2.59 bits per heavy atom. The molecule has 6 nitrogen and oxygen atoms in total. The molecule has 1 aromatic heterocycles. The first-order valence-electron chi connectivity index (χ1n) is 9.23. The maximum Gasteiger partial charge on any atom is 0.358 e. The van der Waals surface area contributed by atoms with Crippen molar-refractivity contribution in [3.8, 4) is 0 Å². The summed E-state index contributed by atoms with van der Waals surface area (Å²) in [5, 5.41) is 3.36. The molecule has 1 aromatic carbocycles. The van der Waals surface area contributed by atoms with Gasteiger partial charge < -0.3 is 15.0 Å². The number of halogens is 1. The Bertz CT molecular complexity index is 789. The number of hydrogen-bond donors (Lipinski definition) is 1. The van der Waals surface area contributed by atoms with E-state index >= 15 is 0 Å². The third kappa shape index (κ3) is 5.01. The Balaban J connectivity index is 1.81. The van der Waals surface area contributed by atoms with Crippen molar-refractivity contribution in [3.05, 3.63) is 52.7 Å². The molecule has 2 heterocycles. The maximum absolute atomic E-state index is 13.2. The number of aryl methyl sites for hydroxylation is 1. The molecule has 3 rings (SSSR count). The van der Waals surface area contributed by atoms with Crippen LogP contribution in [0.25, 0.3) is 0 Å². The highest BCUT2D eigenvalue weighted by Crippen LogP contribution is 2.19. The van der Waals surface area contributed by atoms with Gasteiger partial charge in [-0.05, 0) is 50.6 Å². The van der Waals surface area contributed by atoms with Gasteiger partial charge in [0.1, 0.15) is 11.6 Å². The van der Waals surface area contributed by atoms with Crippen LogP contribution in [0, 0.1) is 12.7 Å². The average molecular weight is 372 g/mol. The molecule has 1 saturated heterocycles. The first-order valence-corrected chi connectivity index (χ1v) is 9.23. The average Bonchev–Trinajstić information content (AvgIpc) is 3.18. The quantitative estimate of drug-likeness (QED) is 0.754.